The quantitative estimate of drug-likeness (QED) is 0.698. The Bertz CT molecular complexity index is 952. The number of fused-ring (bicyclic) bond motifs is 1. The number of nitrogens with zero attached hydrogens (tertiary/aromatic N) is 4. The fourth-order valence-corrected chi connectivity index (χ4v) is 3.91. The smallest absolute Gasteiger partial charge is 0.273 e. The molecule has 0 N–H and O–H groups in total. The predicted octanol–water partition coefficient (Wildman–Crippen LogP) is 4.12. The van der Waals surface area contributed by atoms with Gasteiger partial charge in [-0.3, -0.25) is 14.5 Å². The van der Waals surface area contributed by atoms with Crippen molar-refractivity contribution >= 4 is 28.3 Å². The summed E-state index contributed by atoms with van der Waals surface area (Å²) in [5.41, 5.74) is 1.54. The fraction of sp³-hybridized carbons (Fsp3) is 0.350. The number of amides is 1. The van der Waals surface area contributed by atoms with Gasteiger partial charge in [-0.25, -0.2) is 0 Å². The Labute approximate surface area is 157 Å². The van der Waals surface area contributed by atoms with Gasteiger partial charge in [0.05, 0.1) is 11.2 Å². The van der Waals surface area contributed by atoms with Crippen LogP contribution in [0.1, 0.15) is 41.9 Å². The van der Waals surface area contributed by atoms with E-state index in [1.807, 2.05) is 30.2 Å². The number of hydrogen-bond donors (Lipinski definition) is 0. The van der Waals surface area contributed by atoms with Gasteiger partial charge in [-0.2, -0.15) is 5.10 Å². The van der Waals surface area contributed by atoms with Crippen LogP contribution in [0, 0.1) is 0 Å². The van der Waals surface area contributed by atoms with Gasteiger partial charge in [-0.15, -0.1) is 0 Å². The number of pyridine rings is 1. The maximum Gasteiger partial charge on any atom is 0.273 e. The number of aromatic nitrogens is 3. The monoisotopic (exact) mass is 368 g/mol. The minimum Gasteiger partial charge on any atom is -0.337 e. The second-order valence-electron chi connectivity index (χ2n) is 6.70. The molecule has 5 nitrogen and oxygen atoms in total. The Kier molecular flexibility index (Phi) is 4.64. The minimum atomic E-state index is -0.0418. The first-order valence-corrected chi connectivity index (χ1v) is 9.40. The first-order valence-electron chi connectivity index (χ1n) is 9.02. The van der Waals surface area contributed by atoms with Crippen molar-refractivity contribution in [1.29, 1.82) is 0 Å². The fourth-order valence-electron chi connectivity index (χ4n) is 3.69. The van der Waals surface area contributed by atoms with Crippen LogP contribution in [0.5, 0.6) is 0 Å². The molecule has 1 saturated heterocycles. The van der Waals surface area contributed by atoms with Crippen LogP contribution in [0.2, 0.25) is 5.02 Å². The van der Waals surface area contributed by atoms with Crippen molar-refractivity contribution in [3.05, 3.63) is 59.1 Å². The summed E-state index contributed by atoms with van der Waals surface area (Å²) in [5, 5.41) is 6.93. The number of aryl methyl sites for hydroxylation is 1. The third-order valence-corrected chi connectivity index (χ3v) is 5.35. The van der Waals surface area contributed by atoms with Crippen LogP contribution in [0.4, 0.5) is 0 Å². The average Bonchev–Trinajstić information content (AvgIpc) is 3.07. The summed E-state index contributed by atoms with van der Waals surface area (Å²) in [5.74, 6) is 0.203. The number of halogens is 1. The van der Waals surface area contributed by atoms with Gasteiger partial charge in [0.2, 0.25) is 0 Å². The molecule has 0 spiro atoms. The van der Waals surface area contributed by atoms with Crippen LogP contribution in [0.15, 0.2) is 42.7 Å². The molecule has 1 amide bonds. The lowest BCUT2D eigenvalue weighted by molar-refractivity contribution is 0.0693. The van der Waals surface area contributed by atoms with E-state index in [1.54, 1.807) is 10.9 Å². The third-order valence-electron chi connectivity index (χ3n) is 5.08. The van der Waals surface area contributed by atoms with Gasteiger partial charge in [0, 0.05) is 42.8 Å². The highest BCUT2D eigenvalue weighted by atomic mass is 35.5. The van der Waals surface area contributed by atoms with Crippen LogP contribution < -0.4 is 0 Å². The van der Waals surface area contributed by atoms with E-state index in [1.165, 1.54) is 5.39 Å². The molecule has 3 heterocycles. The molecule has 1 aliphatic heterocycles. The van der Waals surface area contributed by atoms with Crippen molar-refractivity contribution in [1.82, 2.24) is 19.7 Å². The van der Waals surface area contributed by atoms with Gasteiger partial charge >= 0.3 is 0 Å². The number of carbonyl (C=O) groups is 1. The molecular weight excluding hydrogens is 348 g/mol. The SMILES string of the molecule is CCn1ncc(Cl)c1C(=O)N1CCCC(c2cc3ccccc3cn2)C1. The number of carbonyl (C=O) groups excluding carboxylic acids is 1. The van der Waals surface area contributed by atoms with Crippen LogP contribution in [0.3, 0.4) is 0 Å². The zero-order valence-corrected chi connectivity index (χ0v) is 15.5. The molecule has 6 heteroatoms. The largest absolute Gasteiger partial charge is 0.337 e. The number of hydrogen-bond acceptors (Lipinski definition) is 3. The third kappa shape index (κ3) is 3.07. The van der Waals surface area contributed by atoms with Crippen molar-refractivity contribution in [2.24, 2.45) is 0 Å². The molecule has 4 rings (SSSR count). The standard InChI is InChI=1S/C20H21ClN4O/c1-2-25-19(17(21)12-23-25)20(26)24-9-5-8-16(13-24)18-10-14-6-3-4-7-15(14)11-22-18/h3-4,6-7,10-12,16H,2,5,8-9,13H2,1H3. The summed E-state index contributed by atoms with van der Waals surface area (Å²) in [6.45, 7) is 3.99. The average molecular weight is 369 g/mol. The van der Waals surface area contributed by atoms with Crippen molar-refractivity contribution in [3.63, 3.8) is 0 Å². The molecule has 1 aromatic carbocycles. The zero-order valence-electron chi connectivity index (χ0n) is 14.7. The predicted molar refractivity (Wildman–Crippen MR) is 103 cm³/mol. The van der Waals surface area contributed by atoms with Crippen molar-refractivity contribution < 1.29 is 4.79 Å². The Morgan fingerprint density at radius 1 is 1.27 bits per heavy atom. The number of likely N-dealkylation sites (tertiary alicyclic amines) is 1. The molecule has 0 radical (unpaired) electrons. The molecular formula is C20H21ClN4O. The zero-order chi connectivity index (χ0) is 18.1. The van der Waals surface area contributed by atoms with E-state index in [9.17, 15) is 4.79 Å². The summed E-state index contributed by atoms with van der Waals surface area (Å²) in [6.07, 6.45) is 5.47. The molecule has 1 aliphatic rings. The van der Waals surface area contributed by atoms with Gasteiger partial charge in [0.25, 0.3) is 5.91 Å². The first kappa shape index (κ1) is 17.0. The van der Waals surface area contributed by atoms with Crippen molar-refractivity contribution in [3.8, 4) is 0 Å². The van der Waals surface area contributed by atoms with E-state index in [4.69, 9.17) is 11.6 Å². The minimum absolute atomic E-state index is 0.0418. The van der Waals surface area contributed by atoms with Crippen LogP contribution in [-0.4, -0.2) is 38.7 Å². The van der Waals surface area contributed by atoms with E-state index in [0.29, 0.717) is 23.8 Å². The van der Waals surface area contributed by atoms with Gasteiger partial charge in [-0.05, 0) is 31.2 Å². The number of benzene rings is 1. The van der Waals surface area contributed by atoms with E-state index >= 15 is 0 Å². The van der Waals surface area contributed by atoms with Gasteiger partial charge < -0.3 is 4.90 Å². The summed E-state index contributed by atoms with van der Waals surface area (Å²) in [7, 11) is 0. The molecule has 1 unspecified atom stereocenters. The lowest BCUT2D eigenvalue weighted by Gasteiger charge is -2.32. The van der Waals surface area contributed by atoms with Crippen LogP contribution >= 0.6 is 11.6 Å². The Morgan fingerprint density at radius 2 is 2.08 bits per heavy atom. The molecule has 0 saturated carbocycles. The summed E-state index contributed by atoms with van der Waals surface area (Å²) in [4.78, 5) is 19.6. The molecule has 0 bridgehead atoms. The summed E-state index contributed by atoms with van der Waals surface area (Å²) >= 11 is 6.21. The van der Waals surface area contributed by atoms with Crippen molar-refractivity contribution in [2.75, 3.05) is 13.1 Å². The van der Waals surface area contributed by atoms with E-state index in [-0.39, 0.29) is 11.8 Å². The van der Waals surface area contributed by atoms with E-state index < -0.39 is 0 Å². The molecule has 2 aromatic heterocycles. The topological polar surface area (TPSA) is 51.0 Å². The normalized spacial score (nSPS) is 17.6. The molecule has 1 fully saturated rings. The second-order valence-corrected chi connectivity index (χ2v) is 7.11. The second kappa shape index (κ2) is 7.08. The first-order chi connectivity index (χ1) is 12.7. The summed E-state index contributed by atoms with van der Waals surface area (Å²) < 4.78 is 1.67. The van der Waals surface area contributed by atoms with Gasteiger partial charge in [0.1, 0.15) is 5.69 Å². The van der Waals surface area contributed by atoms with E-state index in [0.717, 1.165) is 30.5 Å². The Balaban J connectivity index is 1.58. The maximum absolute atomic E-state index is 13.0. The number of piperidine rings is 1. The van der Waals surface area contributed by atoms with Crippen LogP contribution in [-0.2, 0) is 6.54 Å². The van der Waals surface area contributed by atoms with Gasteiger partial charge in [-0.1, -0.05) is 35.9 Å². The summed E-state index contributed by atoms with van der Waals surface area (Å²) in [6, 6.07) is 10.4. The molecule has 0 aliphatic carbocycles. The Hall–Kier alpha value is -2.40. The lowest BCUT2D eigenvalue weighted by atomic mass is 9.93. The maximum atomic E-state index is 13.0. The molecule has 3 aromatic rings. The Morgan fingerprint density at radius 3 is 2.88 bits per heavy atom. The van der Waals surface area contributed by atoms with Gasteiger partial charge in [0.15, 0.2) is 0 Å². The lowest BCUT2D eigenvalue weighted by Crippen LogP contribution is -2.40. The van der Waals surface area contributed by atoms with E-state index in [2.05, 4.69) is 28.3 Å². The highest BCUT2D eigenvalue weighted by Gasteiger charge is 2.29. The highest BCUT2D eigenvalue weighted by Crippen LogP contribution is 2.29. The molecule has 134 valence electrons. The number of rotatable bonds is 3. The molecule has 26 heavy (non-hydrogen) atoms. The molecule has 1 atom stereocenters. The van der Waals surface area contributed by atoms with Crippen molar-refractivity contribution in [2.45, 2.75) is 32.2 Å². The highest BCUT2D eigenvalue weighted by molar-refractivity contribution is 6.33. The van der Waals surface area contributed by atoms with Crippen LogP contribution in [0.25, 0.3) is 10.8 Å².